The van der Waals surface area contributed by atoms with Crippen LogP contribution in [0.5, 0.6) is 5.75 Å². The van der Waals surface area contributed by atoms with E-state index in [1.807, 2.05) is 115 Å². The molecule has 2 saturated heterocycles. The number of nitrogens with one attached hydrogen (secondary N) is 4. The van der Waals surface area contributed by atoms with Gasteiger partial charge in [0.25, 0.3) is 11.5 Å². The maximum atomic E-state index is 14.1. The van der Waals surface area contributed by atoms with Crippen LogP contribution >= 0.6 is 11.3 Å². The SMILES string of the molecule is CCN(c1cc(-c2ccc(OCCOCC(=O)N[C@H](C(=O)N3C[C@H](O)C[C@H]3C(=O)NCc3ccc(-c4scnc4C)cc3)C(C)(C)C)cc2)cc(C(=O)NCc2c(C)cc(C)[nH]c2=O)c1C)C1CCOCC1. The number of carbonyl (C=O) groups is 4. The average molecular weight is 1000 g/mol. The first kappa shape index (κ1) is 53.4. The van der Waals surface area contributed by atoms with E-state index in [0.717, 1.165) is 74.7 Å². The predicted octanol–water partition coefficient (Wildman–Crippen LogP) is 6.54. The number of aryl methyl sites for hydroxylation is 3. The van der Waals surface area contributed by atoms with Gasteiger partial charge in [-0.3, -0.25) is 24.0 Å². The number of amides is 4. The lowest BCUT2D eigenvalue weighted by molar-refractivity contribution is -0.144. The number of H-pyrrole nitrogens is 1. The molecule has 0 aliphatic carbocycles. The molecular weight excluding hydrogens is 935 g/mol. The van der Waals surface area contributed by atoms with Gasteiger partial charge in [0.1, 0.15) is 31.0 Å². The van der Waals surface area contributed by atoms with Crippen LogP contribution in [0.25, 0.3) is 21.6 Å². The molecule has 17 heteroatoms. The molecule has 0 saturated carbocycles. The van der Waals surface area contributed by atoms with Gasteiger partial charge in [0.2, 0.25) is 17.7 Å². The van der Waals surface area contributed by atoms with E-state index in [2.05, 4.69) is 43.8 Å². The van der Waals surface area contributed by atoms with Crippen molar-refractivity contribution in [3.63, 3.8) is 0 Å². The number of aliphatic hydroxyl groups is 1. The number of carbonyl (C=O) groups excluding carboxylic acids is 4. The number of aliphatic hydroxyl groups excluding tert-OH is 1. The normalized spacial score (nSPS) is 16.5. The smallest absolute Gasteiger partial charge is 0.253 e. The molecule has 0 spiro atoms. The zero-order valence-electron chi connectivity index (χ0n) is 42.7. The Morgan fingerprint density at radius 1 is 0.931 bits per heavy atom. The van der Waals surface area contributed by atoms with Gasteiger partial charge in [-0.05, 0) is 117 Å². The largest absolute Gasteiger partial charge is 0.491 e. The van der Waals surface area contributed by atoms with Crippen LogP contribution in [0.4, 0.5) is 5.69 Å². The Morgan fingerprint density at radius 3 is 2.29 bits per heavy atom. The van der Waals surface area contributed by atoms with Gasteiger partial charge in [0.15, 0.2) is 0 Å². The fourth-order valence-corrected chi connectivity index (χ4v) is 10.3. The van der Waals surface area contributed by atoms with E-state index in [-0.39, 0.29) is 69.3 Å². The van der Waals surface area contributed by atoms with Crippen LogP contribution in [0.1, 0.15) is 91.0 Å². The topological polar surface area (TPSA) is 205 Å². The molecule has 5 N–H and O–H groups in total. The first-order chi connectivity index (χ1) is 34.4. The summed E-state index contributed by atoms with van der Waals surface area (Å²) in [6.45, 7) is 17.5. The van der Waals surface area contributed by atoms with Crippen molar-refractivity contribution in [2.45, 2.75) is 112 Å². The number of likely N-dealkylation sites (tertiary alicyclic amines) is 1. The molecule has 5 aromatic rings. The molecule has 3 aromatic carbocycles. The van der Waals surface area contributed by atoms with Crippen LogP contribution in [0.3, 0.4) is 0 Å². The number of ether oxygens (including phenoxy) is 3. The van der Waals surface area contributed by atoms with E-state index in [1.165, 1.54) is 4.90 Å². The highest BCUT2D eigenvalue weighted by molar-refractivity contribution is 7.13. The minimum atomic E-state index is -0.998. The van der Waals surface area contributed by atoms with Gasteiger partial charge in [-0.2, -0.15) is 0 Å². The van der Waals surface area contributed by atoms with Gasteiger partial charge >= 0.3 is 0 Å². The Bertz CT molecular complexity index is 2760. The predicted molar refractivity (Wildman–Crippen MR) is 279 cm³/mol. The Labute approximate surface area is 425 Å². The van der Waals surface area contributed by atoms with Crippen molar-refractivity contribution in [3.8, 4) is 27.3 Å². The third-order valence-corrected chi connectivity index (χ3v) is 14.4. The summed E-state index contributed by atoms with van der Waals surface area (Å²) < 4.78 is 17.3. The molecule has 7 rings (SSSR count). The molecule has 16 nitrogen and oxygen atoms in total. The standard InChI is InChI=1S/C55H69N7O9S/c1-9-61(41-18-20-69-21-19-41)46-26-40(25-44(35(46)4)51(65)57-29-45-33(2)24-34(3)59-52(45)66)38-14-16-43(17-15-38)71-23-22-70-31-48(64)60-50(55(6,7)8)54(68)62-30-42(63)27-47(62)53(67)56-28-37-10-12-39(13-11-37)49-36(5)58-32-72-49/h10-17,24-26,32,41-42,47,50,63H,9,18-23,27-31H2,1-8H3,(H,56,67)(H,57,65)(H,59,66)(H,60,64)/t42-,47+,50-/m1/s1. The van der Waals surface area contributed by atoms with Gasteiger partial charge in [-0.15, -0.1) is 11.3 Å². The molecule has 2 aliphatic heterocycles. The van der Waals surface area contributed by atoms with Crippen LogP contribution in [-0.4, -0.2) is 114 Å². The summed E-state index contributed by atoms with van der Waals surface area (Å²) in [5.41, 5.74) is 9.90. The van der Waals surface area contributed by atoms with Crippen LogP contribution in [0.2, 0.25) is 0 Å². The van der Waals surface area contributed by atoms with Crippen molar-refractivity contribution in [3.05, 3.63) is 122 Å². The van der Waals surface area contributed by atoms with Crippen LogP contribution < -0.4 is 31.1 Å². The number of hydrogen-bond acceptors (Lipinski definition) is 12. The number of hydrogen-bond donors (Lipinski definition) is 5. The lowest BCUT2D eigenvalue weighted by Crippen LogP contribution is -2.58. The van der Waals surface area contributed by atoms with Crippen LogP contribution in [0, 0.1) is 33.1 Å². The Hall–Kier alpha value is -6.40. The van der Waals surface area contributed by atoms with E-state index in [1.54, 1.807) is 11.3 Å². The highest BCUT2D eigenvalue weighted by Crippen LogP contribution is 2.35. The zero-order valence-corrected chi connectivity index (χ0v) is 43.5. The van der Waals surface area contributed by atoms with Gasteiger partial charge < -0.3 is 50.1 Å². The minimum absolute atomic E-state index is 0.0334. The quantitative estimate of drug-likeness (QED) is 0.0562. The highest BCUT2D eigenvalue weighted by Gasteiger charge is 2.44. The Kier molecular flexibility index (Phi) is 17.7. The summed E-state index contributed by atoms with van der Waals surface area (Å²) in [7, 11) is 0. The number of aromatic amines is 1. The summed E-state index contributed by atoms with van der Waals surface area (Å²) in [5, 5.41) is 19.4. The van der Waals surface area contributed by atoms with Crippen LogP contribution in [0.15, 0.2) is 77.0 Å². The number of aromatic nitrogens is 2. The Balaban J connectivity index is 0.932. The van der Waals surface area contributed by atoms with Crippen molar-refractivity contribution in [1.29, 1.82) is 0 Å². The molecule has 0 bridgehead atoms. The first-order valence-electron chi connectivity index (χ1n) is 24.7. The summed E-state index contributed by atoms with van der Waals surface area (Å²) in [6.07, 6.45) is 0.952. The van der Waals surface area contributed by atoms with Crippen molar-refractivity contribution < 1.29 is 38.5 Å². The first-order valence-corrected chi connectivity index (χ1v) is 25.6. The number of rotatable bonds is 19. The molecule has 3 atom stereocenters. The van der Waals surface area contributed by atoms with Crippen LogP contribution in [-0.2, 0) is 36.9 Å². The van der Waals surface area contributed by atoms with E-state index >= 15 is 0 Å². The highest BCUT2D eigenvalue weighted by atomic mass is 32.1. The van der Waals surface area contributed by atoms with E-state index in [9.17, 15) is 29.1 Å². The third kappa shape index (κ3) is 13.2. The minimum Gasteiger partial charge on any atom is -0.491 e. The van der Waals surface area contributed by atoms with Crippen molar-refractivity contribution in [1.82, 2.24) is 30.8 Å². The Morgan fingerprint density at radius 2 is 1.64 bits per heavy atom. The molecule has 2 fully saturated rings. The molecule has 4 heterocycles. The number of benzene rings is 3. The van der Waals surface area contributed by atoms with Gasteiger partial charge in [0.05, 0.1) is 28.8 Å². The second kappa shape index (κ2) is 23.9. The fourth-order valence-electron chi connectivity index (χ4n) is 9.50. The molecule has 2 aliphatic rings. The second-order valence-corrected chi connectivity index (χ2v) is 20.6. The maximum Gasteiger partial charge on any atom is 0.253 e. The zero-order chi connectivity index (χ0) is 51.7. The summed E-state index contributed by atoms with van der Waals surface area (Å²) in [5.74, 6) is -1.04. The second-order valence-electron chi connectivity index (χ2n) is 19.8. The average Bonchev–Trinajstić information content (AvgIpc) is 3.97. The third-order valence-electron chi connectivity index (χ3n) is 13.5. The van der Waals surface area contributed by atoms with Gasteiger partial charge in [0, 0.05) is 74.4 Å². The molecule has 384 valence electrons. The number of nitrogens with zero attached hydrogens (tertiary/aromatic N) is 3. The molecule has 0 unspecified atom stereocenters. The number of pyridine rings is 1. The number of thiazole rings is 1. The molecule has 72 heavy (non-hydrogen) atoms. The fraction of sp³-hybridized carbons (Fsp3) is 0.455. The number of β-amino-alcohol motifs (C(OH)–C–C–N with tert-alkyl or cyclic N) is 1. The molecule has 0 radical (unpaired) electrons. The molecule has 2 aromatic heterocycles. The molecular formula is C55H69N7O9S. The van der Waals surface area contributed by atoms with E-state index in [4.69, 9.17) is 14.2 Å². The van der Waals surface area contributed by atoms with Crippen molar-refractivity contribution in [2.24, 2.45) is 5.41 Å². The number of anilines is 1. The van der Waals surface area contributed by atoms with E-state index < -0.39 is 35.4 Å². The van der Waals surface area contributed by atoms with Crippen molar-refractivity contribution in [2.75, 3.05) is 51.0 Å². The lowest BCUT2D eigenvalue weighted by Gasteiger charge is -2.37. The lowest BCUT2D eigenvalue weighted by atomic mass is 9.85. The van der Waals surface area contributed by atoms with Gasteiger partial charge in [-0.25, -0.2) is 4.98 Å². The summed E-state index contributed by atoms with van der Waals surface area (Å²) >= 11 is 1.57. The van der Waals surface area contributed by atoms with E-state index in [0.29, 0.717) is 30.1 Å². The van der Waals surface area contributed by atoms with Crippen molar-refractivity contribution >= 4 is 40.7 Å². The summed E-state index contributed by atoms with van der Waals surface area (Å²) in [4.78, 5) is 79.6. The monoisotopic (exact) mass is 1000 g/mol. The summed E-state index contributed by atoms with van der Waals surface area (Å²) in [6, 6.07) is 19.7. The molecule has 4 amide bonds. The maximum absolute atomic E-state index is 14.1. The van der Waals surface area contributed by atoms with Gasteiger partial charge in [-0.1, -0.05) is 57.2 Å².